The van der Waals surface area contributed by atoms with Crippen LogP contribution < -0.4 is 0 Å². The lowest BCUT2D eigenvalue weighted by Crippen LogP contribution is -2.36. The molecule has 0 spiro atoms. The standard InChI is InChI=1S/C16H18F3N5O4S/c1-4-23(5-2)15(26)24-10-20-14(21-24)29(27,28)22(3)13(25)11-8-6-7-9-12(11)16(17,18)19/h6-10H,4-5H2,1-3H3. The molecule has 0 radical (unpaired) electrons. The predicted octanol–water partition coefficient (Wildman–Crippen LogP) is 2.07. The molecule has 2 rings (SSSR count). The fourth-order valence-corrected chi connectivity index (χ4v) is 3.35. The van der Waals surface area contributed by atoms with E-state index in [0.717, 1.165) is 25.5 Å². The Bertz CT molecular complexity index is 1020. The van der Waals surface area contributed by atoms with Crippen molar-refractivity contribution in [1.82, 2.24) is 24.0 Å². The van der Waals surface area contributed by atoms with Gasteiger partial charge in [0.05, 0.1) is 11.1 Å². The lowest BCUT2D eigenvalue weighted by molar-refractivity contribution is -0.138. The summed E-state index contributed by atoms with van der Waals surface area (Å²) < 4.78 is 65.4. The molecule has 29 heavy (non-hydrogen) atoms. The summed E-state index contributed by atoms with van der Waals surface area (Å²) in [5.41, 5.74) is -2.12. The Morgan fingerprint density at radius 1 is 1.14 bits per heavy atom. The van der Waals surface area contributed by atoms with E-state index in [9.17, 15) is 31.2 Å². The fraction of sp³-hybridized carbons (Fsp3) is 0.375. The van der Waals surface area contributed by atoms with Crippen molar-refractivity contribution in [1.29, 1.82) is 0 Å². The van der Waals surface area contributed by atoms with Gasteiger partial charge in [-0.15, -0.1) is 5.10 Å². The minimum Gasteiger partial charge on any atom is -0.323 e. The van der Waals surface area contributed by atoms with Crippen molar-refractivity contribution in [3.05, 3.63) is 41.7 Å². The van der Waals surface area contributed by atoms with Gasteiger partial charge in [0, 0.05) is 20.1 Å². The number of carbonyl (C=O) groups is 2. The monoisotopic (exact) mass is 433 g/mol. The Hall–Kier alpha value is -2.96. The van der Waals surface area contributed by atoms with Gasteiger partial charge in [0.15, 0.2) is 0 Å². The van der Waals surface area contributed by atoms with Crippen LogP contribution in [0.25, 0.3) is 0 Å². The molecule has 0 fully saturated rings. The molecule has 0 bridgehead atoms. The molecule has 0 aliphatic heterocycles. The second-order valence-electron chi connectivity index (χ2n) is 5.75. The van der Waals surface area contributed by atoms with E-state index in [1.165, 1.54) is 11.0 Å². The van der Waals surface area contributed by atoms with Crippen molar-refractivity contribution in [2.75, 3.05) is 20.1 Å². The number of sulfonamides is 1. The normalized spacial score (nSPS) is 11.9. The Kier molecular flexibility index (Phi) is 6.30. The molecular weight excluding hydrogens is 415 g/mol. The van der Waals surface area contributed by atoms with E-state index in [2.05, 4.69) is 10.1 Å². The zero-order valence-electron chi connectivity index (χ0n) is 15.7. The van der Waals surface area contributed by atoms with Gasteiger partial charge in [-0.25, -0.2) is 14.1 Å². The summed E-state index contributed by atoms with van der Waals surface area (Å²) in [7, 11) is -3.91. The summed E-state index contributed by atoms with van der Waals surface area (Å²) in [4.78, 5) is 29.6. The lowest BCUT2D eigenvalue weighted by atomic mass is 10.1. The van der Waals surface area contributed by atoms with Gasteiger partial charge in [-0.3, -0.25) is 4.79 Å². The Morgan fingerprint density at radius 3 is 2.28 bits per heavy atom. The third kappa shape index (κ3) is 4.39. The Morgan fingerprint density at radius 2 is 1.72 bits per heavy atom. The maximum absolute atomic E-state index is 13.1. The van der Waals surface area contributed by atoms with Crippen LogP contribution in [0.15, 0.2) is 35.7 Å². The number of hydrogen-bond acceptors (Lipinski definition) is 6. The maximum Gasteiger partial charge on any atom is 0.417 e. The molecule has 0 aliphatic carbocycles. The molecule has 1 aromatic heterocycles. The second-order valence-corrected chi connectivity index (χ2v) is 7.61. The molecule has 9 nitrogen and oxygen atoms in total. The summed E-state index contributed by atoms with van der Waals surface area (Å²) in [6, 6.07) is 3.16. The van der Waals surface area contributed by atoms with E-state index >= 15 is 0 Å². The average Bonchev–Trinajstić information content (AvgIpc) is 3.18. The molecule has 0 atom stereocenters. The molecule has 0 saturated heterocycles. The third-order valence-electron chi connectivity index (χ3n) is 4.04. The molecule has 0 unspecified atom stereocenters. The molecule has 2 amide bonds. The summed E-state index contributed by atoms with van der Waals surface area (Å²) in [5, 5.41) is 2.69. The topological polar surface area (TPSA) is 105 Å². The largest absolute Gasteiger partial charge is 0.417 e. The molecule has 1 aromatic carbocycles. The van der Waals surface area contributed by atoms with Crippen LogP contribution in [-0.4, -0.2) is 64.5 Å². The highest BCUT2D eigenvalue weighted by atomic mass is 32.2. The highest BCUT2D eigenvalue weighted by molar-refractivity contribution is 7.89. The van der Waals surface area contributed by atoms with Gasteiger partial charge in [-0.1, -0.05) is 12.1 Å². The number of hydrogen-bond donors (Lipinski definition) is 0. The zero-order chi connectivity index (χ0) is 22.0. The van der Waals surface area contributed by atoms with Gasteiger partial charge in [-0.2, -0.15) is 26.3 Å². The van der Waals surface area contributed by atoms with Gasteiger partial charge < -0.3 is 4.90 Å². The molecule has 1 heterocycles. The first-order valence-corrected chi connectivity index (χ1v) is 9.79. The first kappa shape index (κ1) is 22.3. The summed E-state index contributed by atoms with van der Waals surface area (Å²) in [6.45, 7) is 4.09. The Balaban J connectivity index is 2.38. The van der Waals surface area contributed by atoms with Crippen molar-refractivity contribution in [3.8, 4) is 0 Å². The fourth-order valence-electron chi connectivity index (χ4n) is 2.42. The first-order valence-electron chi connectivity index (χ1n) is 8.35. The molecule has 0 aliphatic rings. The smallest absolute Gasteiger partial charge is 0.323 e. The van der Waals surface area contributed by atoms with Gasteiger partial charge in [-0.05, 0) is 26.0 Å². The molecule has 158 valence electrons. The number of amides is 2. The SMILES string of the molecule is CCN(CC)C(=O)n1cnc(S(=O)(=O)N(C)C(=O)c2ccccc2C(F)(F)F)n1. The molecule has 2 aromatic rings. The predicted molar refractivity (Wildman–Crippen MR) is 94.5 cm³/mol. The van der Waals surface area contributed by atoms with Crippen LogP contribution >= 0.6 is 0 Å². The van der Waals surface area contributed by atoms with Crippen LogP contribution in [-0.2, 0) is 16.2 Å². The maximum atomic E-state index is 13.1. The third-order valence-corrected chi connectivity index (χ3v) is 5.58. The zero-order valence-corrected chi connectivity index (χ0v) is 16.5. The Labute approximate surface area is 164 Å². The summed E-state index contributed by atoms with van der Waals surface area (Å²) in [5.74, 6) is -1.41. The molecule has 13 heteroatoms. The quantitative estimate of drug-likeness (QED) is 0.715. The minimum atomic E-state index is -4.85. The number of alkyl halides is 3. The number of benzene rings is 1. The van der Waals surface area contributed by atoms with E-state index in [0.29, 0.717) is 23.8 Å². The average molecular weight is 433 g/mol. The van der Waals surface area contributed by atoms with E-state index in [1.54, 1.807) is 13.8 Å². The van der Waals surface area contributed by atoms with Gasteiger partial charge in [0.1, 0.15) is 6.33 Å². The van der Waals surface area contributed by atoms with Crippen LogP contribution in [0.5, 0.6) is 0 Å². The lowest BCUT2D eigenvalue weighted by Gasteiger charge is -2.18. The van der Waals surface area contributed by atoms with Crippen LogP contribution in [0.2, 0.25) is 0 Å². The van der Waals surface area contributed by atoms with Crippen LogP contribution in [0.3, 0.4) is 0 Å². The van der Waals surface area contributed by atoms with E-state index in [-0.39, 0.29) is 4.31 Å². The highest BCUT2D eigenvalue weighted by Crippen LogP contribution is 2.32. The summed E-state index contributed by atoms with van der Waals surface area (Å²) in [6.07, 6.45) is -4.00. The number of aromatic nitrogens is 3. The molecular formula is C16H18F3N5O4S. The number of carbonyl (C=O) groups excluding carboxylic acids is 2. The van der Waals surface area contributed by atoms with Crippen molar-refractivity contribution < 1.29 is 31.2 Å². The van der Waals surface area contributed by atoms with Crippen molar-refractivity contribution in [3.63, 3.8) is 0 Å². The summed E-state index contributed by atoms with van der Waals surface area (Å²) >= 11 is 0. The van der Waals surface area contributed by atoms with Crippen molar-refractivity contribution >= 4 is 22.0 Å². The van der Waals surface area contributed by atoms with E-state index in [4.69, 9.17) is 0 Å². The number of nitrogens with zero attached hydrogens (tertiary/aromatic N) is 5. The number of halogens is 3. The highest BCUT2D eigenvalue weighted by Gasteiger charge is 2.38. The van der Waals surface area contributed by atoms with Gasteiger partial charge >= 0.3 is 22.2 Å². The minimum absolute atomic E-state index is 0.110. The van der Waals surface area contributed by atoms with Crippen LogP contribution in [0.4, 0.5) is 18.0 Å². The first-order chi connectivity index (χ1) is 13.4. The van der Waals surface area contributed by atoms with Crippen LogP contribution in [0.1, 0.15) is 29.8 Å². The van der Waals surface area contributed by atoms with E-state index < -0.39 is 44.4 Å². The van der Waals surface area contributed by atoms with Crippen molar-refractivity contribution in [2.24, 2.45) is 0 Å². The molecule has 0 N–H and O–H groups in total. The second kappa shape index (κ2) is 8.19. The van der Waals surface area contributed by atoms with Crippen molar-refractivity contribution in [2.45, 2.75) is 25.2 Å². The van der Waals surface area contributed by atoms with Gasteiger partial charge in [0.25, 0.3) is 11.1 Å². The van der Waals surface area contributed by atoms with Crippen LogP contribution in [0, 0.1) is 0 Å². The van der Waals surface area contributed by atoms with E-state index in [1.807, 2.05) is 0 Å². The number of rotatable bonds is 5. The van der Waals surface area contributed by atoms with Gasteiger partial charge in [0.2, 0.25) is 0 Å². The molecule has 0 saturated carbocycles.